The Kier molecular flexibility index (Phi) is 4.01. The third-order valence-corrected chi connectivity index (χ3v) is 4.67. The maximum atomic E-state index is 14.6. The zero-order chi connectivity index (χ0) is 18.4. The molecule has 0 amide bonds. The lowest BCUT2D eigenvalue weighted by molar-refractivity contribution is 0.394. The highest BCUT2D eigenvalue weighted by Gasteiger charge is 2.22. The van der Waals surface area contributed by atoms with Gasteiger partial charge in [-0.25, -0.2) is 4.39 Å². The van der Waals surface area contributed by atoms with E-state index in [1.165, 1.54) is 6.07 Å². The first kappa shape index (κ1) is 16.8. The number of rotatable bonds is 3. The van der Waals surface area contributed by atoms with Crippen molar-refractivity contribution in [2.24, 2.45) is 5.73 Å². The van der Waals surface area contributed by atoms with E-state index in [1.54, 1.807) is 26.0 Å². The number of hydrogen-bond donors (Lipinski definition) is 1. The quantitative estimate of drug-likeness (QED) is 0.562. The Labute approximate surface area is 154 Å². The molecule has 0 saturated heterocycles. The van der Waals surface area contributed by atoms with Gasteiger partial charge in [-0.2, -0.15) is 4.98 Å². The van der Waals surface area contributed by atoms with Crippen molar-refractivity contribution in [1.82, 2.24) is 14.7 Å². The predicted molar refractivity (Wildman–Crippen MR) is 98.9 cm³/mol. The van der Waals surface area contributed by atoms with Crippen molar-refractivity contribution in [1.29, 1.82) is 0 Å². The van der Waals surface area contributed by atoms with Gasteiger partial charge in [0.25, 0.3) is 0 Å². The van der Waals surface area contributed by atoms with Crippen LogP contribution in [0.5, 0.6) is 0 Å². The molecule has 2 N–H and O–H groups in total. The number of halogens is 2. The van der Waals surface area contributed by atoms with E-state index in [-0.39, 0.29) is 5.82 Å². The Bertz CT molecular complexity index is 1120. The van der Waals surface area contributed by atoms with Gasteiger partial charge in [-0.15, -0.1) is 0 Å². The second-order valence-corrected chi connectivity index (χ2v) is 6.52. The van der Waals surface area contributed by atoms with E-state index in [0.717, 1.165) is 10.9 Å². The second kappa shape index (κ2) is 6.23. The van der Waals surface area contributed by atoms with Crippen LogP contribution in [-0.4, -0.2) is 14.7 Å². The lowest BCUT2D eigenvalue weighted by Crippen LogP contribution is -2.08. The van der Waals surface area contributed by atoms with Crippen LogP contribution < -0.4 is 5.73 Å². The molecule has 0 saturated carbocycles. The zero-order valence-electron chi connectivity index (χ0n) is 14.2. The van der Waals surface area contributed by atoms with Crippen LogP contribution in [0.2, 0.25) is 5.02 Å². The molecular weight excluding hydrogens is 355 g/mol. The van der Waals surface area contributed by atoms with E-state index in [9.17, 15) is 4.39 Å². The number of fused-ring (bicyclic) bond motifs is 1. The Morgan fingerprint density at radius 2 is 2.00 bits per heavy atom. The predicted octanol–water partition coefficient (Wildman–Crippen LogP) is 4.80. The topological polar surface area (TPSA) is 69.9 Å². The molecule has 7 heteroatoms. The molecule has 0 aliphatic rings. The summed E-state index contributed by atoms with van der Waals surface area (Å²) in [5.74, 6) is 0.397. The molecule has 0 spiro atoms. The fraction of sp³-hybridized carbons (Fsp3) is 0.158. The summed E-state index contributed by atoms with van der Waals surface area (Å²) < 4.78 is 21.5. The molecule has 4 rings (SSSR count). The van der Waals surface area contributed by atoms with E-state index in [1.807, 2.05) is 28.8 Å². The largest absolute Gasteiger partial charge is 0.339 e. The van der Waals surface area contributed by atoms with Gasteiger partial charge in [0.2, 0.25) is 11.7 Å². The molecule has 0 unspecified atom stereocenters. The highest BCUT2D eigenvalue weighted by molar-refractivity contribution is 6.38. The van der Waals surface area contributed by atoms with E-state index >= 15 is 0 Å². The minimum absolute atomic E-state index is 0.348. The average molecular weight is 371 g/mol. The fourth-order valence-corrected chi connectivity index (χ4v) is 3.42. The average Bonchev–Trinajstić information content (AvgIpc) is 3.16. The lowest BCUT2D eigenvalue weighted by atomic mass is 10.1. The van der Waals surface area contributed by atoms with Gasteiger partial charge in [0.15, 0.2) is 0 Å². The summed E-state index contributed by atoms with van der Waals surface area (Å²) in [6, 6.07) is 12.1. The van der Waals surface area contributed by atoms with Gasteiger partial charge >= 0.3 is 0 Å². The van der Waals surface area contributed by atoms with Crippen molar-refractivity contribution < 1.29 is 8.91 Å². The third-order valence-electron chi connectivity index (χ3n) is 4.29. The molecule has 0 bridgehead atoms. The van der Waals surface area contributed by atoms with Crippen molar-refractivity contribution in [3.8, 4) is 17.2 Å². The van der Waals surface area contributed by atoms with Crippen LogP contribution in [0, 0.1) is 12.7 Å². The Balaban J connectivity index is 2.04. The van der Waals surface area contributed by atoms with E-state index in [4.69, 9.17) is 21.9 Å². The number of aromatic nitrogens is 3. The molecule has 0 aliphatic carbocycles. The van der Waals surface area contributed by atoms with Crippen LogP contribution in [0.4, 0.5) is 4.39 Å². The Morgan fingerprint density at radius 3 is 2.65 bits per heavy atom. The van der Waals surface area contributed by atoms with Crippen molar-refractivity contribution in [2.45, 2.75) is 19.9 Å². The van der Waals surface area contributed by atoms with Gasteiger partial charge in [0.05, 0.1) is 10.5 Å². The van der Waals surface area contributed by atoms with Crippen LogP contribution in [0.1, 0.15) is 24.4 Å². The first-order chi connectivity index (χ1) is 12.5. The van der Waals surface area contributed by atoms with Crippen molar-refractivity contribution in [3.63, 3.8) is 0 Å². The number of aryl methyl sites for hydroxylation is 1. The second-order valence-electron chi connectivity index (χ2n) is 6.15. The summed E-state index contributed by atoms with van der Waals surface area (Å²) in [4.78, 5) is 4.29. The molecule has 26 heavy (non-hydrogen) atoms. The summed E-state index contributed by atoms with van der Waals surface area (Å²) in [5, 5.41) is 5.30. The van der Waals surface area contributed by atoms with E-state index < -0.39 is 6.04 Å². The van der Waals surface area contributed by atoms with Crippen molar-refractivity contribution in [3.05, 3.63) is 64.8 Å². The normalized spacial score (nSPS) is 12.7. The molecular formula is C19H16ClFN4O. The zero-order valence-corrected chi connectivity index (χ0v) is 15.0. The van der Waals surface area contributed by atoms with Gasteiger partial charge in [0, 0.05) is 29.6 Å². The standard InChI is InChI=1S/C19H16ClFN4O/c1-10(22)13-8-7-12(9-15(13)21)25-16-6-4-3-5-14(16)17(20)18(25)19-23-11(2)26-24-19/h3-10H,22H2,1-2H3/t10-/m1/s1. The summed E-state index contributed by atoms with van der Waals surface area (Å²) in [7, 11) is 0. The van der Waals surface area contributed by atoms with Gasteiger partial charge < -0.3 is 14.8 Å². The summed E-state index contributed by atoms with van der Waals surface area (Å²) in [5.41, 5.74) is 8.25. The molecule has 4 aromatic rings. The Morgan fingerprint density at radius 1 is 1.23 bits per heavy atom. The van der Waals surface area contributed by atoms with Gasteiger partial charge in [-0.05, 0) is 25.1 Å². The molecule has 1 atom stereocenters. The monoisotopic (exact) mass is 370 g/mol. The number of nitrogens with zero attached hydrogens (tertiary/aromatic N) is 3. The molecule has 2 aromatic heterocycles. The molecule has 0 radical (unpaired) electrons. The Hall–Kier alpha value is -2.70. The van der Waals surface area contributed by atoms with Crippen LogP contribution >= 0.6 is 11.6 Å². The lowest BCUT2D eigenvalue weighted by Gasteiger charge is -2.12. The first-order valence-corrected chi connectivity index (χ1v) is 8.50. The molecule has 5 nitrogen and oxygen atoms in total. The number of benzene rings is 2. The van der Waals surface area contributed by atoms with E-state index in [0.29, 0.717) is 33.7 Å². The van der Waals surface area contributed by atoms with Crippen LogP contribution in [0.25, 0.3) is 28.1 Å². The molecule has 2 aromatic carbocycles. The van der Waals surface area contributed by atoms with E-state index in [2.05, 4.69) is 10.1 Å². The smallest absolute Gasteiger partial charge is 0.223 e. The molecule has 132 valence electrons. The number of nitrogens with two attached hydrogens (primary N) is 1. The minimum atomic E-state index is -0.395. The maximum Gasteiger partial charge on any atom is 0.223 e. The first-order valence-electron chi connectivity index (χ1n) is 8.12. The molecule has 2 heterocycles. The van der Waals surface area contributed by atoms with Crippen LogP contribution in [0.15, 0.2) is 47.0 Å². The summed E-state index contributed by atoms with van der Waals surface area (Å²) in [6.45, 7) is 3.45. The van der Waals surface area contributed by atoms with Crippen molar-refractivity contribution in [2.75, 3.05) is 0 Å². The van der Waals surface area contributed by atoms with Crippen LogP contribution in [-0.2, 0) is 0 Å². The fourth-order valence-electron chi connectivity index (χ4n) is 3.09. The summed E-state index contributed by atoms with van der Waals surface area (Å²) >= 11 is 6.62. The molecule has 0 fully saturated rings. The maximum absolute atomic E-state index is 14.6. The highest BCUT2D eigenvalue weighted by atomic mass is 35.5. The number of para-hydroxylation sites is 1. The molecule has 0 aliphatic heterocycles. The summed E-state index contributed by atoms with van der Waals surface area (Å²) in [6.07, 6.45) is 0. The van der Waals surface area contributed by atoms with Gasteiger partial charge in [0.1, 0.15) is 11.5 Å². The van der Waals surface area contributed by atoms with Gasteiger partial charge in [-0.3, -0.25) is 0 Å². The SMILES string of the molecule is Cc1nc(-c2c(Cl)c3ccccc3n2-c2ccc([C@@H](C)N)c(F)c2)no1. The highest BCUT2D eigenvalue weighted by Crippen LogP contribution is 2.38. The minimum Gasteiger partial charge on any atom is -0.339 e. The van der Waals surface area contributed by atoms with Crippen LogP contribution in [0.3, 0.4) is 0 Å². The third kappa shape index (κ3) is 2.58. The number of hydrogen-bond acceptors (Lipinski definition) is 4. The van der Waals surface area contributed by atoms with Gasteiger partial charge in [-0.1, -0.05) is 41.0 Å². The van der Waals surface area contributed by atoms with Crippen molar-refractivity contribution >= 4 is 22.5 Å².